The van der Waals surface area contributed by atoms with Crippen LogP contribution in [0.3, 0.4) is 0 Å². The molecule has 0 aliphatic heterocycles. The second kappa shape index (κ2) is 11.0. The molecule has 0 aliphatic rings. The summed E-state index contributed by atoms with van der Waals surface area (Å²) in [7, 11) is 0. The molecule has 6 heteroatoms. The number of nitrogens with one attached hydrogen (secondary N) is 1. The molecule has 162 valence electrons. The number of aromatic nitrogens is 1. The van der Waals surface area contributed by atoms with Crippen LogP contribution in [-0.4, -0.2) is 30.7 Å². The summed E-state index contributed by atoms with van der Waals surface area (Å²) in [5, 5.41) is 3.14. The molecule has 6 nitrogen and oxygen atoms in total. The topological polar surface area (TPSA) is 69.7 Å². The lowest BCUT2D eigenvalue weighted by atomic mass is 9.99. The van der Waals surface area contributed by atoms with E-state index in [0.717, 1.165) is 11.1 Å². The van der Waals surface area contributed by atoms with Crippen molar-refractivity contribution in [2.24, 2.45) is 0 Å². The zero-order valence-electron chi connectivity index (χ0n) is 18.1. The van der Waals surface area contributed by atoms with Crippen LogP contribution < -0.4 is 19.5 Å². The zero-order valence-corrected chi connectivity index (χ0v) is 18.1. The van der Waals surface area contributed by atoms with Crippen molar-refractivity contribution in [3.8, 4) is 17.2 Å². The van der Waals surface area contributed by atoms with Crippen molar-refractivity contribution in [1.82, 2.24) is 10.3 Å². The summed E-state index contributed by atoms with van der Waals surface area (Å²) < 4.78 is 17.2. The molecule has 0 saturated heterocycles. The number of carbonyl (C=O) groups excluding carboxylic acids is 1. The Kier molecular flexibility index (Phi) is 7.87. The van der Waals surface area contributed by atoms with Gasteiger partial charge >= 0.3 is 0 Å². The number of carbonyl (C=O) groups is 1. The lowest BCUT2D eigenvalue weighted by Crippen LogP contribution is -2.29. The summed E-state index contributed by atoms with van der Waals surface area (Å²) in [6.07, 6.45) is 3.43. The van der Waals surface area contributed by atoms with E-state index in [1.54, 1.807) is 24.5 Å². The van der Waals surface area contributed by atoms with Crippen LogP contribution >= 0.6 is 0 Å². The maximum Gasteiger partial charge on any atom is 0.252 e. The molecule has 1 atom stereocenters. The summed E-state index contributed by atoms with van der Waals surface area (Å²) in [6.45, 7) is 7.02. The van der Waals surface area contributed by atoms with Crippen molar-refractivity contribution in [1.29, 1.82) is 0 Å². The predicted molar refractivity (Wildman–Crippen MR) is 120 cm³/mol. The molecule has 1 N–H and O–H groups in total. The number of pyridine rings is 1. The molecule has 0 bridgehead atoms. The highest BCUT2D eigenvalue weighted by molar-refractivity contribution is 5.96. The Morgan fingerprint density at radius 2 is 1.39 bits per heavy atom. The monoisotopic (exact) mass is 420 g/mol. The van der Waals surface area contributed by atoms with E-state index in [0.29, 0.717) is 42.6 Å². The van der Waals surface area contributed by atoms with Crippen molar-refractivity contribution in [3.63, 3.8) is 0 Å². The van der Waals surface area contributed by atoms with Gasteiger partial charge in [-0.05, 0) is 56.2 Å². The Bertz CT molecular complexity index is 911. The first kappa shape index (κ1) is 22.2. The van der Waals surface area contributed by atoms with Crippen molar-refractivity contribution in [3.05, 3.63) is 83.7 Å². The van der Waals surface area contributed by atoms with E-state index < -0.39 is 0 Å². The number of nitrogens with zero attached hydrogens (tertiary/aromatic N) is 1. The van der Waals surface area contributed by atoms with Crippen molar-refractivity contribution >= 4 is 5.91 Å². The standard InChI is InChI=1S/C25H28N2O4/c1-4-29-21-16-20(17-22(30-5-2)24(21)31-6-3)25(28)27-23(18-10-8-7-9-11-18)19-12-14-26-15-13-19/h7-17,23H,4-6H2,1-3H3,(H,27,28). The lowest BCUT2D eigenvalue weighted by molar-refractivity contribution is 0.0941. The smallest absolute Gasteiger partial charge is 0.252 e. The minimum Gasteiger partial charge on any atom is -0.490 e. The van der Waals surface area contributed by atoms with E-state index in [4.69, 9.17) is 14.2 Å². The van der Waals surface area contributed by atoms with Gasteiger partial charge in [-0.25, -0.2) is 0 Å². The number of hydrogen-bond donors (Lipinski definition) is 1. The number of rotatable bonds is 10. The van der Waals surface area contributed by atoms with Crippen LogP contribution in [0.2, 0.25) is 0 Å². The number of hydrogen-bond acceptors (Lipinski definition) is 5. The van der Waals surface area contributed by atoms with Gasteiger partial charge in [-0.2, -0.15) is 0 Å². The number of benzene rings is 2. The first-order valence-corrected chi connectivity index (χ1v) is 10.5. The van der Waals surface area contributed by atoms with Gasteiger partial charge in [-0.1, -0.05) is 30.3 Å². The van der Waals surface area contributed by atoms with Gasteiger partial charge < -0.3 is 19.5 Å². The van der Waals surface area contributed by atoms with Crippen LogP contribution in [0.5, 0.6) is 17.2 Å². The fraction of sp³-hybridized carbons (Fsp3) is 0.280. The van der Waals surface area contributed by atoms with Crippen molar-refractivity contribution < 1.29 is 19.0 Å². The maximum absolute atomic E-state index is 13.3. The van der Waals surface area contributed by atoms with Crippen LogP contribution in [0.1, 0.15) is 48.3 Å². The van der Waals surface area contributed by atoms with Gasteiger partial charge in [0.2, 0.25) is 5.75 Å². The molecule has 31 heavy (non-hydrogen) atoms. The van der Waals surface area contributed by atoms with Crippen molar-refractivity contribution in [2.45, 2.75) is 26.8 Å². The van der Waals surface area contributed by atoms with Crippen LogP contribution in [0.25, 0.3) is 0 Å². The molecule has 1 aromatic heterocycles. The molecule has 0 spiro atoms. The van der Waals surface area contributed by atoms with E-state index >= 15 is 0 Å². The third-order valence-corrected chi connectivity index (χ3v) is 4.62. The van der Waals surface area contributed by atoms with Gasteiger partial charge in [0.1, 0.15) is 0 Å². The van der Waals surface area contributed by atoms with E-state index in [1.165, 1.54) is 0 Å². The zero-order chi connectivity index (χ0) is 22.1. The summed E-state index contributed by atoms with van der Waals surface area (Å²) in [5.74, 6) is 1.24. The highest BCUT2D eigenvalue weighted by atomic mass is 16.5. The third-order valence-electron chi connectivity index (χ3n) is 4.62. The van der Waals surface area contributed by atoms with Crippen LogP contribution in [-0.2, 0) is 0 Å². The fourth-order valence-corrected chi connectivity index (χ4v) is 3.29. The predicted octanol–water partition coefficient (Wildman–Crippen LogP) is 4.80. The molecular weight excluding hydrogens is 392 g/mol. The summed E-state index contributed by atoms with van der Waals surface area (Å²) in [5.41, 5.74) is 2.35. The molecule has 0 radical (unpaired) electrons. The van der Waals surface area contributed by atoms with E-state index in [-0.39, 0.29) is 11.9 Å². The Hall–Kier alpha value is -3.54. The van der Waals surface area contributed by atoms with Gasteiger partial charge in [0.15, 0.2) is 11.5 Å². The lowest BCUT2D eigenvalue weighted by Gasteiger charge is -2.21. The van der Waals surface area contributed by atoms with Gasteiger partial charge in [0.05, 0.1) is 25.9 Å². The van der Waals surface area contributed by atoms with Crippen LogP contribution in [0.15, 0.2) is 67.0 Å². The van der Waals surface area contributed by atoms with E-state index in [1.807, 2.05) is 63.2 Å². The SMILES string of the molecule is CCOc1cc(C(=O)NC(c2ccccc2)c2ccncc2)cc(OCC)c1OCC. The molecule has 2 aromatic carbocycles. The van der Waals surface area contributed by atoms with Crippen LogP contribution in [0.4, 0.5) is 0 Å². The number of ether oxygens (including phenoxy) is 3. The fourth-order valence-electron chi connectivity index (χ4n) is 3.29. The Morgan fingerprint density at radius 3 is 1.94 bits per heavy atom. The molecule has 0 fully saturated rings. The average molecular weight is 421 g/mol. The first-order valence-electron chi connectivity index (χ1n) is 10.5. The minimum atomic E-state index is -0.325. The molecule has 3 aromatic rings. The summed E-state index contributed by atoms with van der Waals surface area (Å²) in [6, 6.07) is 16.7. The molecule has 1 heterocycles. The normalized spacial score (nSPS) is 11.5. The largest absolute Gasteiger partial charge is 0.490 e. The van der Waals surface area contributed by atoms with E-state index in [9.17, 15) is 4.79 Å². The Labute approximate surface area is 183 Å². The van der Waals surface area contributed by atoms with Crippen LogP contribution in [0, 0.1) is 0 Å². The maximum atomic E-state index is 13.3. The molecule has 1 amide bonds. The highest BCUT2D eigenvalue weighted by Crippen LogP contribution is 2.39. The van der Waals surface area contributed by atoms with Gasteiger partial charge in [-0.3, -0.25) is 9.78 Å². The van der Waals surface area contributed by atoms with Gasteiger partial charge in [-0.15, -0.1) is 0 Å². The molecule has 0 aliphatic carbocycles. The van der Waals surface area contributed by atoms with Gasteiger partial charge in [0, 0.05) is 18.0 Å². The van der Waals surface area contributed by atoms with Gasteiger partial charge in [0.25, 0.3) is 5.91 Å². The average Bonchev–Trinajstić information content (AvgIpc) is 2.80. The first-order chi connectivity index (χ1) is 15.2. The Balaban J connectivity index is 1.98. The highest BCUT2D eigenvalue weighted by Gasteiger charge is 2.22. The minimum absolute atomic E-state index is 0.240. The van der Waals surface area contributed by atoms with E-state index in [2.05, 4.69) is 10.3 Å². The quantitative estimate of drug-likeness (QED) is 0.510. The summed E-state index contributed by atoms with van der Waals surface area (Å²) >= 11 is 0. The molecule has 1 unspecified atom stereocenters. The summed E-state index contributed by atoms with van der Waals surface area (Å²) in [4.78, 5) is 17.4. The molecule has 3 rings (SSSR count). The number of amides is 1. The Morgan fingerprint density at radius 1 is 0.839 bits per heavy atom. The third kappa shape index (κ3) is 5.54. The molecular formula is C25H28N2O4. The second-order valence-electron chi connectivity index (χ2n) is 6.70. The molecule has 0 saturated carbocycles. The second-order valence-corrected chi connectivity index (χ2v) is 6.70. The van der Waals surface area contributed by atoms with Crippen molar-refractivity contribution in [2.75, 3.05) is 19.8 Å².